The van der Waals surface area contributed by atoms with Crippen LogP contribution >= 0.6 is 0 Å². The number of fused-ring (bicyclic) bond motifs is 1. The van der Waals surface area contributed by atoms with Gasteiger partial charge in [0, 0.05) is 12.2 Å². The Morgan fingerprint density at radius 2 is 1.96 bits per heavy atom. The van der Waals surface area contributed by atoms with Crippen LogP contribution in [0.3, 0.4) is 0 Å². The van der Waals surface area contributed by atoms with Crippen molar-refractivity contribution >= 4 is 21.9 Å². The smallest absolute Gasteiger partial charge is 0.326 e. The number of rotatable bonds is 3. The van der Waals surface area contributed by atoms with Gasteiger partial charge in [0.05, 0.1) is 0 Å². The molecule has 0 spiro atoms. The highest BCUT2D eigenvalue weighted by Crippen LogP contribution is 2.40. The second kappa shape index (κ2) is 6.14. The monoisotopic (exact) mass is 353 g/mol. The normalized spacial score (nSPS) is 26.9. The van der Waals surface area contributed by atoms with Gasteiger partial charge in [0.2, 0.25) is 10.0 Å². The molecule has 1 saturated carbocycles. The zero-order chi connectivity index (χ0) is 17.5. The van der Waals surface area contributed by atoms with E-state index in [1.165, 1.54) is 17.0 Å². The molecule has 0 radical (unpaired) electrons. The molecule has 1 saturated heterocycles. The lowest BCUT2D eigenvalue weighted by Gasteiger charge is -2.32. The van der Waals surface area contributed by atoms with Crippen LogP contribution in [0.25, 0.3) is 0 Å². The Bertz CT molecular complexity index is 762. The van der Waals surface area contributed by atoms with Gasteiger partial charge in [-0.2, -0.15) is 0 Å². The summed E-state index contributed by atoms with van der Waals surface area (Å²) >= 11 is 0. The fourth-order valence-corrected chi connectivity index (χ4v) is 4.24. The molecule has 3 atom stereocenters. The quantitative estimate of drug-likeness (QED) is 0.817. The number of carbonyl (C=O) groups excluding carboxylic acids is 1. The third-order valence-corrected chi connectivity index (χ3v) is 5.79. The Kier molecular flexibility index (Phi) is 4.31. The maximum Gasteiger partial charge on any atom is 0.326 e. The van der Waals surface area contributed by atoms with Crippen molar-refractivity contribution in [1.82, 2.24) is 9.88 Å². The molecule has 0 aromatic carbocycles. The summed E-state index contributed by atoms with van der Waals surface area (Å²) in [5, 5.41) is 14.5. The highest BCUT2D eigenvalue weighted by atomic mass is 32.2. The fourth-order valence-electron chi connectivity index (χ4n) is 3.78. The van der Waals surface area contributed by atoms with E-state index in [0.717, 1.165) is 31.9 Å². The van der Waals surface area contributed by atoms with E-state index in [-0.39, 0.29) is 22.5 Å². The van der Waals surface area contributed by atoms with Crippen LogP contribution < -0.4 is 5.14 Å². The van der Waals surface area contributed by atoms with Crippen molar-refractivity contribution in [1.29, 1.82) is 0 Å². The van der Waals surface area contributed by atoms with Gasteiger partial charge in [0.15, 0.2) is 0 Å². The standard InChI is InChI=1S/C15H19N3O5S/c16-24(22,23)10-5-6-11(17-8-10)14(19)18-12-4-2-1-3-9(12)7-13(18)15(20)21/h5-6,8-9,12-13H,1-4,7H2,(H,20,21)(H2,16,22,23). The van der Waals surface area contributed by atoms with Crippen molar-refractivity contribution in [2.45, 2.75) is 49.1 Å². The zero-order valence-corrected chi connectivity index (χ0v) is 13.8. The van der Waals surface area contributed by atoms with Crippen molar-refractivity contribution < 1.29 is 23.1 Å². The zero-order valence-electron chi connectivity index (χ0n) is 13.0. The van der Waals surface area contributed by atoms with Gasteiger partial charge in [-0.25, -0.2) is 23.3 Å². The van der Waals surface area contributed by atoms with E-state index < -0.39 is 27.9 Å². The van der Waals surface area contributed by atoms with E-state index in [0.29, 0.717) is 6.42 Å². The Morgan fingerprint density at radius 1 is 1.25 bits per heavy atom. The summed E-state index contributed by atoms with van der Waals surface area (Å²) < 4.78 is 22.5. The van der Waals surface area contributed by atoms with Crippen LogP contribution in [0.1, 0.15) is 42.6 Å². The first-order valence-corrected chi connectivity index (χ1v) is 9.38. The summed E-state index contributed by atoms with van der Waals surface area (Å²) in [6.45, 7) is 0. The molecule has 1 aromatic heterocycles. The van der Waals surface area contributed by atoms with Crippen LogP contribution in [0.5, 0.6) is 0 Å². The molecule has 130 valence electrons. The van der Waals surface area contributed by atoms with Crippen LogP contribution in [0.2, 0.25) is 0 Å². The number of primary sulfonamides is 1. The van der Waals surface area contributed by atoms with E-state index in [4.69, 9.17) is 5.14 Å². The van der Waals surface area contributed by atoms with Crippen LogP contribution in [-0.4, -0.2) is 47.4 Å². The van der Waals surface area contributed by atoms with E-state index >= 15 is 0 Å². The number of pyridine rings is 1. The van der Waals surface area contributed by atoms with Gasteiger partial charge < -0.3 is 10.0 Å². The van der Waals surface area contributed by atoms with E-state index in [1.54, 1.807) is 0 Å². The molecule has 2 heterocycles. The first kappa shape index (κ1) is 16.8. The van der Waals surface area contributed by atoms with Gasteiger partial charge in [-0.05, 0) is 37.3 Å². The van der Waals surface area contributed by atoms with Gasteiger partial charge in [-0.1, -0.05) is 12.8 Å². The molecule has 1 aliphatic carbocycles. The van der Waals surface area contributed by atoms with Crippen LogP contribution in [0.15, 0.2) is 23.2 Å². The average molecular weight is 353 g/mol. The maximum absolute atomic E-state index is 12.8. The molecule has 8 nitrogen and oxygen atoms in total. The third kappa shape index (κ3) is 3.01. The first-order valence-electron chi connectivity index (χ1n) is 7.83. The summed E-state index contributed by atoms with van der Waals surface area (Å²) in [5.41, 5.74) is 0.0277. The number of carbonyl (C=O) groups is 2. The van der Waals surface area contributed by atoms with Gasteiger partial charge in [0.1, 0.15) is 16.6 Å². The number of sulfonamides is 1. The Hall–Kier alpha value is -2.00. The van der Waals surface area contributed by atoms with E-state index in [1.807, 2.05) is 0 Å². The third-order valence-electron chi connectivity index (χ3n) is 4.89. The number of aliphatic carboxylic acids is 1. The van der Waals surface area contributed by atoms with Gasteiger partial charge in [-0.15, -0.1) is 0 Å². The van der Waals surface area contributed by atoms with Gasteiger partial charge in [0.25, 0.3) is 5.91 Å². The number of nitrogens with zero attached hydrogens (tertiary/aromatic N) is 2. The molecule has 1 aliphatic heterocycles. The lowest BCUT2D eigenvalue weighted by Crippen LogP contribution is -2.46. The molecule has 2 fully saturated rings. The predicted molar refractivity (Wildman–Crippen MR) is 83.6 cm³/mol. The predicted octanol–water partition coefficient (Wildman–Crippen LogP) is 0.587. The summed E-state index contributed by atoms with van der Waals surface area (Å²) in [5.74, 6) is -1.29. The molecule has 2 aliphatic rings. The number of hydrogen-bond acceptors (Lipinski definition) is 5. The number of likely N-dealkylation sites (tertiary alicyclic amines) is 1. The van der Waals surface area contributed by atoms with Crippen LogP contribution in [0, 0.1) is 5.92 Å². The van der Waals surface area contributed by atoms with Crippen molar-refractivity contribution in [3.8, 4) is 0 Å². The molecule has 24 heavy (non-hydrogen) atoms. The minimum absolute atomic E-state index is 0.0277. The molecule has 3 N–H and O–H groups in total. The minimum Gasteiger partial charge on any atom is -0.480 e. The summed E-state index contributed by atoms with van der Waals surface area (Å²) in [7, 11) is -3.89. The lowest BCUT2D eigenvalue weighted by molar-refractivity contribution is -0.141. The van der Waals surface area contributed by atoms with Crippen LogP contribution in [-0.2, 0) is 14.8 Å². The highest BCUT2D eigenvalue weighted by molar-refractivity contribution is 7.89. The lowest BCUT2D eigenvalue weighted by atomic mass is 9.84. The number of hydrogen-bond donors (Lipinski definition) is 2. The second-order valence-corrected chi connectivity index (χ2v) is 7.90. The number of nitrogens with two attached hydrogens (primary N) is 1. The van der Waals surface area contributed by atoms with Crippen molar-refractivity contribution in [2.24, 2.45) is 11.1 Å². The molecule has 3 unspecified atom stereocenters. The molecule has 1 aromatic rings. The number of amides is 1. The number of aromatic nitrogens is 1. The number of carboxylic acid groups (broad SMARTS) is 1. The molecular weight excluding hydrogens is 334 g/mol. The fraction of sp³-hybridized carbons (Fsp3) is 0.533. The SMILES string of the molecule is NS(=O)(=O)c1ccc(C(=O)N2C(C(=O)O)CC3CCCCC32)nc1. The highest BCUT2D eigenvalue weighted by Gasteiger charge is 2.47. The second-order valence-electron chi connectivity index (χ2n) is 6.34. The molecule has 0 bridgehead atoms. The maximum atomic E-state index is 12.8. The average Bonchev–Trinajstić information content (AvgIpc) is 2.93. The largest absolute Gasteiger partial charge is 0.480 e. The van der Waals surface area contributed by atoms with Crippen molar-refractivity contribution in [2.75, 3.05) is 0 Å². The minimum atomic E-state index is -3.89. The first-order chi connectivity index (χ1) is 11.3. The Balaban J connectivity index is 1.90. The van der Waals surface area contributed by atoms with Crippen LogP contribution in [0.4, 0.5) is 0 Å². The molecular formula is C15H19N3O5S. The Labute approximate surface area is 139 Å². The molecule has 1 amide bonds. The summed E-state index contributed by atoms with van der Waals surface area (Å²) in [4.78, 5) is 29.5. The summed E-state index contributed by atoms with van der Waals surface area (Å²) in [6, 6.07) is 1.54. The molecule has 9 heteroatoms. The van der Waals surface area contributed by atoms with E-state index in [9.17, 15) is 23.1 Å². The molecule has 3 rings (SSSR count). The Morgan fingerprint density at radius 3 is 2.54 bits per heavy atom. The van der Waals surface area contributed by atoms with Gasteiger partial charge in [-0.3, -0.25) is 4.79 Å². The van der Waals surface area contributed by atoms with Crippen molar-refractivity contribution in [3.63, 3.8) is 0 Å². The topological polar surface area (TPSA) is 131 Å². The van der Waals surface area contributed by atoms with Gasteiger partial charge >= 0.3 is 5.97 Å². The number of carboxylic acids is 1. The summed E-state index contributed by atoms with van der Waals surface area (Å²) in [6.07, 6.45) is 5.21. The van der Waals surface area contributed by atoms with E-state index in [2.05, 4.69) is 4.98 Å². The van der Waals surface area contributed by atoms with Crippen molar-refractivity contribution in [3.05, 3.63) is 24.0 Å².